The third-order valence-corrected chi connectivity index (χ3v) is 6.54. The Morgan fingerprint density at radius 1 is 0.973 bits per heavy atom. The van der Waals surface area contributed by atoms with E-state index in [9.17, 15) is 9.59 Å². The van der Waals surface area contributed by atoms with Gasteiger partial charge in [0.05, 0.1) is 25.8 Å². The molecule has 192 valence electrons. The second-order valence-electron chi connectivity index (χ2n) is 8.72. The third-order valence-electron chi connectivity index (χ3n) is 6.12. The number of carbonyl (C=O) groups is 2. The summed E-state index contributed by atoms with van der Waals surface area (Å²) in [4.78, 5) is 29.9. The van der Waals surface area contributed by atoms with Gasteiger partial charge < -0.3 is 19.7 Å². The summed E-state index contributed by atoms with van der Waals surface area (Å²) < 4.78 is 10.8. The van der Waals surface area contributed by atoms with Gasteiger partial charge in [-0.25, -0.2) is 0 Å². The molecule has 0 bridgehead atoms. The van der Waals surface area contributed by atoms with E-state index in [-0.39, 0.29) is 18.2 Å². The zero-order chi connectivity index (χ0) is 26.2. The highest BCUT2D eigenvalue weighted by Gasteiger charge is 2.43. The molecule has 1 N–H and O–H groups in total. The number of methoxy groups -OCH3 is 1. The van der Waals surface area contributed by atoms with Gasteiger partial charge in [0.25, 0.3) is 5.91 Å². The van der Waals surface area contributed by atoms with Crippen LogP contribution in [0.2, 0.25) is 0 Å². The number of hydrogen-bond donors (Lipinski definition) is 1. The predicted molar refractivity (Wildman–Crippen MR) is 149 cm³/mol. The molecule has 37 heavy (non-hydrogen) atoms. The molecule has 1 heterocycles. The summed E-state index contributed by atoms with van der Waals surface area (Å²) in [5.41, 5.74) is 2.42. The minimum atomic E-state index is -0.696. The van der Waals surface area contributed by atoms with Crippen molar-refractivity contribution in [2.45, 2.75) is 32.2 Å². The molecule has 0 radical (unpaired) electrons. The van der Waals surface area contributed by atoms with E-state index >= 15 is 0 Å². The molecule has 0 unspecified atom stereocenters. The quantitative estimate of drug-likeness (QED) is 0.359. The highest BCUT2D eigenvalue weighted by Crippen LogP contribution is 2.28. The Kier molecular flexibility index (Phi) is 8.74. The molecule has 0 aliphatic carbocycles. The highest BCUT2D eigenvalue weighted by atomic mass is 32.1. The molecule has 1 aliphatic rings. The van der Waals surface area contributed by atoms with Crippen LogP contribution in [0.5, 0.6) is 11.5 Å². The molecule has 8 heteroatoms. The Balaban J connectivity index is 1.48. The van der Waals surface area contributed by atoms with Crippen LogP contribution >= 0.6 is 12.2 Å². The predicted octanol–water partition coefficient (Wildman–Crippen LogP) is 5.06. The standard InChI is InChI=1S/C29H31N3O4S/c1-3-19-36-25-15-11-22(12-16-25)30-27(33)20-26-28(34)32(23-7-5-4-6-8-23)29(37)31(26)18-17-21-9-13-24(35-2)14-10-21/h4-16,26H,3,17-20H2,1-2H3,(H,30,33)/t26-/m1/s1. The number of rotatable bonds is 11. The number of anilines is 2. The Morgan fingerprint density at radius 3 is 2.30 bits per heavy atom. The van der Waals surface area contributed by atoms with Crippen LogP contribution in [-0.2, 0) is 16.0 Å². The molecule has 3 aromatic carbocycles. The van der Waals surface area contributed by atoms with Crippen LogP contribution < -0.4 is 19.7 Å². The van der Waals surface area contributed by atoms with E-state index in [2.05, 4.69) is 5.32 Å². The molecule has 1 aliphatic heterocycles. The normalized spacial score (nSPS) is 15.1. The van der Waals surface area contributed by atoms with E-state index in [4.69, 9.17) is 21.7 Å². The number of nitrogens with zero attached hydrogens (tertiary/aromatic N) is 2. The number of carbonyl (C=O) groups excluding carboxylic acids is 2. The van der Waals surface area contributed by atoms with Crippen LogP contribution in [0.3, 0.4) is 0 Å². The Morgan fingerprint density at radius 2 is 1.65 bits per heavy atom. The molecule has 0 saturated carbocycles. The number of benzene rings is 3. The molecule has 0 spiro atoms. The molecule has 1 fully saturated rings. The number of thiocarbonyl (C=S) groups is 1. The molecular weight excluding hydrogens is 486 g/mol. The summed E-state index contributed by atoms with van der Waals surface area (Å²) >= 11 is 5.75. The first-order valence-electron chi connectivity index (χ1n) is 12.4. The molecular formula is C29H31N3O4S. The molecule has 1 saturated heterocycles. The Labute approximate surface area is 223 Å². The second kappa shape index (κ2) is 12.4. The highest BCUT2D eigenvalue weighted by molar-refractivity contribution is 7.80. The van der Waals surface area contributed by atoms with Gasteiger partial charge in [-0.05, 0) is 79.2 Å². The first-order chi connectivity index (χ1) is 18.0. The van der Waals surface area contributed by atoms with Crippen LogP contribution in [0.25, 0.3) is 0 Å². The first kappa shape index (κ1) is 26.2. The van der Waals surface area contributed by atoms with Crippen LogP contribution in [0, 0.1) is 0 Å². The summed E-state index contributed by atoms with van der Waals surface area (Å²) in [5.74, 6) is 1.07. The van der Waals surface area contributed by atoms with Gasteiger partial charge in [-0.3, -0.25) is 14.5 Å². The lowest BCUT2D eigenvalue weighted by molar-refractivity contribution is -0.124. The van der Waals surface area contributed by atoms with Gasteiger partial charge in [0.1, 0.15) is 17.5 Å². The van der Waals surface area contributed by atoms with Crippen molar-refractivity contribution in [3.63, 3.8) is 0 Å². The van der Waals surface area contributed by atoms with E-state index in [1.807, 2.05) is 78.6 Å². The number of nitrogens with one attached hydrogen (secondary N) is 1. The van der Waals surface area contributed by atoms with Crippen molar-refractivity contribution in [1.82, 2.24) is 4.90 Å². The molecule has 0 aromatic heterocycles. The fourth-order valence-corrected chi connectivity index (χ4v) is 4.60. The number of ether oxygens (including phenoxy) is 2. The van der Waals surface area contributed by atoms with Gasteiger partial charge >= 0.3 is 0 Å². The SMILES string of the molecule is CCCOc1ccc(NC(=O)C[C@@H]2C(=O)N(c3ccccc3)C(=S)N2CCc2ccc(OC)cc2)cc1. The van der Waals surface area contributed by atoms with E-state index in [1.54, 1.807) is 19.2 Å². The maximum absolute atomic E-state index is 13.5. The lowest BCUT2D eigenvalue weighted by Gasteiger charge is -2.24. The van der Waals surface area contributed by atoms with Gasteiger partial charge in [0.15, 0.2) is 5.11 Å². The van der Waals surface area contributed by atoms with Crippen molar-refractivity contribution in [2.75, 3.05) is 30.5 Å². The van der Waals surface area contributed by atoms with Crippen molar-refractivity contribution >= 4 is 40.5 Å². The van der Waals surface area contributed by atoms with E-state index in [1.165, 1.54) is 4.90 Å². The summed E-state index contributed by atoms with van der Waals surface area (Å²) in [7, 11) is 1.63. The van der Waals surface area contributed by atoms with Crippen molar-refractivity contribution in [1.29, 1.82) is 0 Å². The monoisotopic (exact) mass is 517 g/mol. The zero-order valence-electron chi connectivity index (χ0n) is 21.1. The van der Waals surface area contributed by atoms with Gasteiger partial charge in [-0.2, -0.15) is 0 Å². The average Bonchev–Trinajstić information content (AvgIpc) is 3.15. The van der Waals surface area contributed by atoms with Gasteiger partial charge in [0.2, 0.25) is 5.91 Å². The topological polar surface area (TPSA) is 71.1 Å². The molecule has 3 aromatic rings. The van der Waals surface area contributed by atoms with Crippen molar-refractivity contribution in [2.24, 2.45) is 0 Å². The minimum Gasteiger partial charge on any atom is -0.497 e. The van der Waals surface area contributed by atoms with Gasteiger partial charge in [-0.15, -0.1) is 0 Å². The summed E-state index contributed by atoms with van der Waals surface area (Å²) in [6, 6.07) is 23.6. The summed E-state index contributed by atoms with van der Waals surface area (Å²) in [6.45, 7) is 3.19. The van der Waals surface area contributed by atoms with E-state index in [0.29, 0.717) is 36.1 Å². The largest absolute Gasteiger partial charge is 0.497 e. The fourth-order valence-electron chi connectivity index (χ4n) is 4.19. The fraction of sp³-hybridized carbons (Fsp3) is 0.276. The van der Waals surface area contributed by atoms with Crippen molar-refractivity contribution < 1.29 is 19.1 Å². The van der Waals surface area contributed by atoms with Crippen LogP contribution in [0.4, 0.5) is 11.4 Å². The van der Waals surface area contributed by atoms with Crippen LogP contribution in [0.15, 0.2) is 78.9 Å². The molecule has 1 atom stereocenters. The first-order valence-corrected chi connectivity index (χ1v) is 12.8. The summed E-state index contributed by atoms with van der Waals surface area (Å²) in [6.07, 6.45) is 1.57. The van der Waals surface area contributed by atoms with Crippen LogP contribution in [-0.4, -0.2) is 48.1 Å². The lowest BCUT2D eigenvalue weighted by Crippen LogP contribution is -2.39. The van der Waals surface area contributed by atoms with Gasteiger partial charge in [0, 0.05) is 12.2 Å². The maximum atomic E-state index is 13.5. The van der Waals surface area contributed by atoms with E-state index < -0.39 is 6.04 Å². The van der Waals surface area contributed by atoms with E-state index in [0.717, 1.165) is 23.5 Å². The smallest absolute Gasteiger partial charge is 0.256 e. The lowest BCUT2D eigenvalue weighted by atomic mass is 10.1. The number of para-hydroxylation sites is 1. The Hall–Kier alpha value is -3.91. The van der Waals surface area contributed by atoms with Crippen LogP contribution in [0.1, 0.15) is 25.3 Å². The number of amides is 2. The third kappa shape index (κ3) is 6.46. The molecule has 7 nitrogen and oxygen atoms in total. The van der Waals surface area contributed by atoms with Crippen molar-refractivity contribution in [3.05, 3.63) is 84.4 Å². The number of hydrogen-bond acceptors (Lipinski definition) is 5. The Bertz CT molecular complexity index is 1220. The minimum absolute atomic E-state index is 0.0149. The van der Waals surface area contributed by atoms with Crippen molar-refractivity contribution in [3.8, 4) is 11.5 Å². The maximum Gasteiger partial charge on any atom is 0.256 e. The van der Waals surface area contributed by atoms with Gasteiger partial charge in [-0.1, -0.05) is 37.3 Å². The average molecular weight is 518 g/mol. The second-order valence-corrected chi connectivity index (χ2v) is 9.09. The molecule has 4 rings (SSSR count). The summed E-state index contributed by atoms with van der Waals surface area (Å²) in [5, 5.41) is 3.30. The zero-order valence-corrected chi connectivity index (χ0v) is 21.9. The molecule has 2 amide bonds.